The average Bonchev–Trinajstić information content (AvgIpc) is 3.18. The molecule has 0 aliphatic carbocycles. The van der Waals surface area contributed by atoms with E-state index in [9.17, 15) is 4.39 Å². The van der Waals surface area contributed by atoms with Crippen LogP contribution in [0.15, 0.2) is 41.0 Å². The summed E-state index contributed by atoms with van der Waals surface area (Å²) < 4.78 is 15.4. The zero-order valence-electron chi connectivity index (χ0n) is 14.5. The van der Waals surface area contributed by atoms with Gasteiger partial charge in [0.15, 0.2) is 10.9 Å². The molecule has 0 saturated heterocycles. The fraction of sp³-hybridized carbons (Fsp3) is 0.294. The Labute approximate surface area is 177 Å². The van der Waals surface area contributed by atoms with Gasteiger partial charge in [-0.15, -0.1) is 35.3 Å². The Balaban J connectivity index is 0.00000243. The third-order valence-electron chi connectivity index (χ3n) is 3.72. The van der Waals surface area contributed by atoms with Gasteiger partial charge in [-0.25, -0.2) is 9.37 Å². The van der Waals surface area contributed by atoms with Crippen molar-refractivity contribution >= 4 is 58.0 Å². The molecular formula is C17H21FIN5S2. The highest BCUT2D eigenvalue weighted by molar-refractivity contribution is 14.0. The van der Waals surface area contributed by atoms with Gasteiger partial charge in [-0.2, -0.15) is 11.8 Å². The largest absolute Gasteiger partial charge is 0.352 e. The minimum Gasteiger partial charge on any atom is -0.352 e. The number of hydrogen-bond donors (Lipinski definition) is 2. The first-order valence-electron chi connectivity index (χ1n) is 7.81. The van der Waals surface area contributed by atoms with E-state index in [1.165, 1.54) is 6.07 Å². The molecule has 0 fully saturated rings. The Hall–Kier alpha value is -1.33. The minimum absolute atomic E-state index is 0. The summed E-state index contributed by atoms with van der Waals surface area (Å²) in [5.74, 6) is 1.28. The van der Waals surface area contributed by atoms with Crippen molar-refractivity contribution in [1.29, 1.82) is 0 Å². The molecular weight excluding hydrogens is 484 g/mol. The molecule has 5 nitrogen and oxygen atoms in total. The zero-order chi connectivity index (χ0) is 17.6. The van der Waals surface area contributed by atoms with Crippen LogP contribution in [0.2, 0.25) is 0 Å². The summed E-state index contributed by atoms with van der Waals surface area (Å²) in [7, 11) is 1.73. The summed E-state index contributed by atoms with van der Waals surface area (Å²) in [6, 6.07) is 4.92. The van der Waals surface area contributed by atoms with Gasteiger partial charge in [0.25, 0.3) is 0 Å². The fourth-order valence-corrected chi connectivity index (χ4v) is 3.79. The summed E-state index contributed by atoms with van der Waals surface area (Å²) in [6.45, 7) is 1.18. The van der Waals surface area contributed by atoms with Crippen LogP contribution in [-0.2, 0) is 18.8 Å². The topological polar surface area (TPSA) is 53.7 Å². The Morgan fingerprint density at radius 2 is 2.12 bits per heavy atom. The number of thiazole rings is 1. The quantitative estimate of drug-likeness (QED) is 0.304. The summed E-state index contributed by atoms with van der Waals surface area (Å²) >= 11 is 3.29. The molecule has 0 aliphatic rings. The van der Waals surface area contributed by atoms with Crippen LogP contribution in [0.3, 0.4) is 0 Å². The molecule has 0 saturated carbocycles. The van der Waals surface area contributed by atoms with Crippen molar-refractivity contribution in [3.8, 4) is 0 Å². The highest BCUT2D eigenvalue weighted by atomic mass is 127. The van der Waals surface area contributed by atoms with Gasteiger partial charge in [0.1, 0.15) is 5.82 Å². The van der Waals surface area contributed by atoms with E-state index in [0.717, 1.165) is 27.5 Å². The van der Waals surface area contributed by atoms with Crippen LogP contribution < -0.4 is 10.6 Å². The maximum absolute atomic E-state index is 13.4. The summed E-state index contributed by atoms with van der Waals surface area (Å²) in [4.78, 5) is 9.75. The Morgan fingerprint density at radius 1 is 1.31 bits per heavy atom. The number of nitrogens with one attached hydrogen (secondary N) is 2. The van der Waals surface area contributed by atoms with Gasteiger partial charge in [0.2, 0.25) is 0 Å². The SMILES string of the molecule is CN=C(NCc1cn2ccsc2n1)NCc1ccc(F)cc1CSC.I. The summed E-state index contributed by atoms with van der Waals surface area (Å²) in [5, 5.41) is 8.54. The predicted molar refractivity (Wildman–Crippen MR) is 119 cm³/mol. The van der Waals surface area contributed by atoms with Gasteiger partial charge in [-0.3, -0.25) is 9.39 Å². The monoisotopic (exact) mass is 505 g/mol. The van der Waals surface area contributed by atoms with Crippen molar-refractivity contribution in [2.24, 2.45) is 4.99 Å². The second-order valence-electron chi connectivity index (χ2n) is 5.45. The number of guanidine groups is 1. The molecule has 3 aromatic rings. The molecule has 1 aromatic carbocycles. The smallest absolute Gasteiger partial charge is 0.193 e. The molecule has 0 unspecified atom stereocenters. The molecule has 2 aromatic heterocycles. The van der Waals surface area contributed by atoms with Gasteiger partial charge >= 0.3 is 0 Å². The number of thioether (sulfide) groups is 1. The second-order valence-corrected chi connectivity index (χ2v) is 7.19. The molecule has 0 radical (unpaired) electrons. The average molecular weight is 505 g/mol. The molecule has 3 rings (SSSR count). The van der Waals surface area contributed by atoms with Crippen LogP contribution in [-0.4, -0.2) is 28.6 Å². The maximum Gasteiger partial charge on any atom is 0.193 e. The van der Waals surface area contributed by atoms with Gasteiger partial charge in [-0.1, -0.05) is 6.07 Å². The number of hydrogen-bond acceptors (Lipinski definition) is 4. The van der Waals surface area contributed by atoms with Crippen molar-refractivity contribution < 1.29 is 4.39 Å². The lowest BCUT2D eigenvalue weighted by atomic mass is 10.1. The van der Waals surface area contributed by atoms with Crippen LogP contribution >= 0.6 is 47.1 Å². The van der Waals surface area contributed by atoms with Gasteiger partial charge in [0, 0.05) is 37.1 Å². The molecule has 140 valence electrons. The van der Waals surface area contributed by atoms with Crippen molar-refractivity contribution in [2.45, 2.75) is 18.8 Å². The van der Waals surface area contributed by atoms with Gasteiger partial charge in [-0.05, 0) is 29.5 Å². The van der Waals surface area contributed by atoms with E-state index in [4.69, 9.17) is 0 Å². The summed E-state index contributed by atoms with van der Waals surface area (Å²) in [6.07, 6.45) is 6.01. The molecule has 0 amide bonds. The van der Waals surface area contributed by atoms with Crippen molar-refractivity contribution in [3.05, 3.63) is 58.6 Å². The lowest BCUT2D eigenvalue weighted by Gasteiger charge is -2.13. The first kappa shape index (κ1) is 21.0. The predicted octanol–water partition coefficient (Wildman–Crippen LogP) is 3.88. The zero-order valence-corrected chi connectivity index (χ0v) is 18.5. The van der Waals surface area contributed by atoms with E-state index in [1.54, 1.807) is 36.2 Å². The van der Waals surface area contributed by atoms with E-state index in [0.29, 0.717) is 19.0 Å². The molecule has 9 heteroatoms. The molecule has 2 heterocycles. The van der Waals surface area contributed by atoms with E-state index in [1.807, 2.05) is 34.5 Å². The normalized spacial score (nSPS) is 11.4. The first-order valence-corrected chi connectivity index (χ1v) is 10.1. The molecule has 0 bridgehead atoms. The number of fused-ring (bicyclic) bond motifs is 1. The van der Waals surface area contributed by atoms with Crippen LogP contribution in [0, 0.1) is 5.82 Å². The number of aromatic nitrogens is 2. The van der Waals surface area contributed by atoms with Crippen molar-refractivity contribution in [1.82, 2.24) is 20.0 Å². The van der Waals surface area contributed by atoms with Crippen molar-refractivity contribution in [3.63, 3.8) is 0 Å². The van der Waals surface area contributed by atoms with Gasteiger partial charge in [0.05, 0.1) is 12.2 Å². The van der Waals surface area contributed by atoms with E-state index in [-0.39, 0.29) is 29.8 Å². The lowest BCUT2D eigenvalue weighted by Crippen LogP contribution is -2.36. The first-order chi connectivity index (χ1) is 12.2. The molecule has 0 spiro atoms. The highest BCUT2D eigenvalue weighted by Gasteiger charge is 2.07. The van der Waals surface area contributed by atoms with Crippen LogP contribution in [0.4, 0.5) is 4.39 Å². The third kappa shape index (κ3) is 5.34. The number of halogens is 2. The van der Waals surface area contributed by atoms with Crippen LogP contribution in [0.25, 0.3) is 4.96 Å². The molecule has 0 aliphatic heterocycles. The van der Waals surface area contributed by atoms with Crippen molar-refractivity contribution in [2.75, 3.05) is 13.3 Å². The number of imidazole rings is 1. The second kappa shape index (κ2) is 10.1. The third-order valence-corrected chi connectivity index (χ3v) is 5.09. The van der Waals surface area contributed by atoms with E-state index < -0.39 is 0 Å². The number of benzene rings is 1. The number of rotatable bonds is 6. The maximum atomic E-state index is 13.4. The Bertz CT molecular complexity index is 849. The van der Waals surface area contributed by atoms with E-state index >= 15 is 0 Å². The molecule has 26 heavy (non-hydrogen) atoms. The summed E-state index contributed by atoms with van der Waals surface area (Å²) in [5.41, 5.74) is 3.03. The van der Waals surface area contributed by atoms with Crippen LogP contribution in [0.5, 0.6) is 0 Å². The fourth-order valence-electron chi connectivity index (χ4n) is 2.49. The lowest BCUT2D eigenvalue weighted by molar-refractivity contribution is 0.625. The Kier molecular flexibility index (Phi) is 8.16. The molecule has 2 N–H and O–H groups in total. The molecule has 0 atom stereocenters. The van der Waals surface area contributed by atoms with Crippen LogP contribution in [0.1, 0.15) is 16.8 Å². The standard InChI is InChI=1S/C17H20FN5S2.HI/c1-19-16(21-9-15-10-23-5-6-25-17(23)22-15)20-8-12-3-4-14(18)7-13(12)11-24-2;/h3-7,10H,8-9,11H2,1-2H3,(H2,19,20,21);1H. The minimum atomic E-state index is -0.199. The number of aliphatic imine (C=N–C) groups is 1. The highest BCUT2D eigenvalue weighted by Crippen LogP contribution is 2.16. The number of nitrogens with zero attached hydrogens (tertiary/aromatic N) is 3. The van der Waals surface area contributed by atoms with Gasteiger partial charge < -0.3 is 10.6 Å². The Morgan fingerprint density at radius 3 is 2.85 bits per heavy atom. The van der Waals surface area contributed by atoms with E-state index in [2.05, 4.69) is 20.6 Å².